The minimum atomic E-state index is -3.87. The lowest BCUT2D eigenvalue weighted by Gasteiger charge is -2.28. The summed E-state index contributed by atoms with van der Waals surface area (Å²) in [5, 5.41) is 12.1. The molecule has 0 bridgehead atoms. The van der Waals surface area contributed by atoms with E-state index in [4.69, 9.17) is 0 Å². The molecule has 0 radical (unpaired) electrons. The molecule has 6 nitrogen and oxygen atoms in total. The van der Waals surface area contributed by atoms with E-state index < -0.39 is 20.5 Å². The van der Waals surface area contributed by atoms with Crippen molar-refractivity contribution in [2.24, 2.45) is 0 Å². The number of anilines is 1. The maximum atomic E-state index is 13.7. The van der Waals surface area contributed by atoms with E-state index in [1.807, 2.05) is 43.3 Å². The third kappa shape index (κ3) is 4.14. The van der Waals surface area contributed by atoms with Gasteiger partial charge in [-0.25, -0.2) is 8.42 Å². The third-order valence-electron chi connectivity index (χ3n) is 5.86. The number of aryl methyl sites for hydroxylation is 2. The van der Waals surface area contributed by atoms with Crippen LogP contribution in [0.3, 0.4) is 0 Å². The number of sulfone groups is 1. The fourth-order valence-corrected chi connectivity index (χ4v) is 7.27. The molecule has 2 aromatic carbocycles. The molecule has 162 valence electrons. The molecule has 1 heterocycles. The lowest BCUT2D eigenvalue weighted by Crippen LogP contribution is -2.47. The normalized spacial score (nSPS) is 15.7. The second-order valence-electron chi connectivity index (χ2n) is 8.09. The van der Waals surface area contributed by atoms with E-state index in [1.165, 1.54) is 11.3 Å². The fraction of sp³-hybridized carbons (Fsp3) is 0.348. The number of carbonyl (C=O) groups excluding carboxylic acids is 1. The average molecular weight is 456 g/mol. The van der Waals surface area contributed by atoms with Gasteiger partial charge in [-0.15, -0.1) is 10.2 Å². The largest absolute Gasteiger partial charge is 0.299 e. The van der Waals surface area contributed by atoms with Crippen LogP contribution in [0.4, 0.5) is 5.13 Å². The highest BCUT2D eigenvalue weighted by Crippen LogP contribution is 2.42. The molecule has 1 aromatic heterocycles. The highest BCUT2D eigenvalue weighted by atomic mass is 32.2. The van der Waals surface area contributed by atoms with E-state index in [2.05, 4.69) is 15.5 Å². The molecule has 1 fully saturated rings. The van der Waals surface area contributed by atoms with Gasteiger partial charge in [-0.1, -0.05) is 66.6 Å². The molecule has 1 amide bonds. The quantitative estimate of drug-likeness (QED) is 0.592. The van der Waals surface area contributed by atoms with Gasteiger partial charge in [0.1, 0.15) is 5.01 Å². The molecule has 31 heavy (non-hydrogen) atoms. The Bertz CT molecular complexity index is 1200. The summed E-state index contributed by atoms with van der Waals surface area (Å²) in [6, 6.07) is 15.2. The van der Waals surface area contributed by atoms with Gasteiger partial charge in [-0.2, -0.15) is 0 Å². The maximum Gasteiger partial charge on any atom is 0.248 e. The second-order valence-corrected chi connectivity index (χ2v) is 11.4. The van der Waals surface area contributed by atoms with Crippen molar-refractivity contribution >= 4 is 32.2 Å². The number of carbonyl (C=O) groups is 1. The van der Waals surface area contributed by atoms with Crippen LogP contribution in [-0.2, 0) is 21.1 Å². The van der Waals surface area contributed by atoms with Crippen LogP contribution in [0.25, 0.3) is 0 Å². The van der Waals surface area contributed by atoms with Gasteiger partial charge in [0, 0.05) is 6.42 Å². The van der Waals surface area contributed by atoms with Crippen molar-refractivity contribution in [3.8, 4) is 0 Å². The number of hydrogen-bond donors (Lipinski definition) is 1. The Morgan fingerprint density at radius 1 is 1.06 bits per heavy atom. The minimum absolute atomic E-state index is 0.242. The molecule has 1 saturated carbocycles. The zero-order chi connectivity index (χ0) is 22.1. The molecule has 1 aliphatic rings. The Hall–Kier alpha value is -2.58. The highest BCUT2D eigenvalue weighted by molar-refractivity contribution is 7.93. The van der Waals surface area contributed by atoms with Crippen molar-refractivity contribution < 1.29 is 13.2 Å². The zero-order valence-corrected chi connectivity index (χ0v) is 19.2. The van der Waals surface area contributed by atoms with Crippen molar-refractivity contribution in [2.45, 2.75) is 55.6 Å². The van der Waals surface area contributed by atoms with Crippen molar-refractivity contribution in [2.75, 3.05) is 5.32 Å². The predicted molar refractivity (Wildman–Crippen MR) is 122 cm³/mol. The molecule has 1 N–H and O–H groups in total. The second kappa shape index (κ2) is 8.51. The predicted octanol–water partition coefficient (Wildman–Crippen LogP) is 4.47. The van der Waals surface area contributed by atoms with Crippen LogP contribution < -0.4 is 5.32 Å². The summed E-state index contributed by atoms with van der Waals surface area (Å²) in [5.74, 6) is -0.506. The van der Waals surface area contributed by atoms with E-state index in [1.54, 1.807) is 19.1 Å². The first kappa shape index (κ1) is 21.6. The average Bonchev–Trinajstić information content (AvgIpc) is 3.41. The van der Waals surface area contributed by atoms with Gasteiger partial charge in [0.05, 0.1) is 4.90 Å². The van der Waals surface area contributed by atoms with Crippen LogP contribution in [0.1, 0.15) is 47.4 Å². The molecule has 1 aliphatic carbocycles. The Kier molecular flexibility index (Phi) is 5.94. The zero-order valence-electron chi connectivity index (χ0n) is 17.6. The molecular weight excluding hydrogens is 430 g/mol. The lowest BCUT2D eigenvalue weighted by molar-refractivity contribution is -0.118. The SMILES string of the molecule is Cc1ccc(C)c(S(=O)(=O)C2(C(=O)Nc3nnc(Cc4ccccc4)s3)CCCC2)c1. The Morgan fingerprint density at radius 3 is 2.48 bits per heavy atom. The van der Waals surface area contributed by atoms with Crippen molar-refractivity contribution in [3.05, 3.63) is 70.2 Å². The molecule has 0 saturated heterocycles. The number of benzene rings is 2. The monoisotopic (exact) mass is 455 g/mol. The highest BCUT2D eigenvalue weighted by Gasteiger charge is 2.53. The van der Waals surface area contributed by atoms with Crippen LogP contribution >= 0.6 is 11.3 Å². The Morgan fingerprint density at radius 2 is 1.77 bits per heavy atom. The van der Waals surface area contributed by atoms with Gasteiger partial charge in [-0.3, -0.25) is 10.1 Å². The summed E-state index contributed by atoms with van der Waals surface area (Å²) < 4.78 is 26.0. The van der Waals surface area contributed by atoms with E-state index in [9.17, 15) is 13.2 Å². The number of nitrogens with one attached hydrogen (secondary N) is 1. The molecule has 0 aliphatic heterocycles. The standard InChI is InChI=1S/C23H25N3O3S2/c1-16-10-11-17(2)19(14-16)31(28,29)23(12-6-7-13-23)21(27)24-22-26-25-20(30-22)15-18-8-4-3-5-9-18/h3-5,8-11,14H,6-7,12-13,15H2,1-2H3,(H,24,26,27). The Balaban J connectivity index is 1.60. The number of nitrogens with zero attached hydrogens (tertiary/aromatic N) is 2. The number of hydrogen-bond acceptors (Lipinski definition) is 6. The molecule has 0 atom stereocenters. The smallest absolute Gasteiger partial charge is 0.248 e. The summed E-state index contributed by atoms with van der Waals surface area (Å²) in [6.45, 7) is 3.63. The van der Waals surface area contributed by atoms with Crippen molar-refractivity contribution in [1.29, 1.82) is 0 Å². The van der Waals surface area contributed by atoms with Crippen LogP contribution in [-0.4, -0.2) is 29.3 Å². The van der Waals surface area contributed by atoms with Crippen molar-refractivity contribution in [3.63, 3.8) is 0 Å². The first-order chi connectivity index (χ1) is 14.8. The summed E-state index contributed by atoms with van der Waals surface area (Å²) in [4.78, 5) is 13.6. The molecule has 3 aromatic rings. The van der Waals surface area contributed by atoms with Crippen LogP contribution in [0.2, 0.25) is 0 Å². The maximum absolute atomic E-state index is 13.7. The first-order valence-electron chi connectivity index (χ1n) is 10.3. The lowest BCUT2D eigenvalue weighted by atomic mass is 10.1. The van der Waals surface area contributed by atoms with Gasteiger partial charge in [0.25, 0.3) is 0 Å². The molecule has 4 rings (SSSR count). The summed E-state index contributed by atoms with van der Waals surface area (Å²) in [7, 11) is -3.87. The van der Waals surface area contributed by atoms with Crippen LogP contribution in [0.15, 0.2) is 53.4 Å². The molecular formula is C23H25N3O3S2. The van der Waals surface area contributed by atoms with Gasteiger partial charge >= 0.3 is 0 Å². The van der Waals surface area contributed by atoms with Crippen LogP contribution in [0.5, 0.6) is 0 Å². The van der Waals surface area contributed by atoms with Crippen molar-refractivity contribution in [1.82, 2.24) is 10.2 Å². The number of aromatic nitrogens is 2. The Labute approximate surface area is 186 Å². The summed E-state index contributed by atoms with van der Waals surface area (Å²) >= 11 is 1.28. The molecule has 8 heteroatoms. The van der Waals surface area contributed by atoms with Gasteiger partial charge in [0.15, 0.2) is 14.6 Å². The summed E-state index contributed by atoms with van der Waals surface area (Å²) in [6.07, 6.45) is 2.63. The van der Waals surface area contributed by atoms with Crippen LogP contribution in [0, 0.1) is 13.8 Å². The van der Waals surface area contributed by atoms with E-state index in [0.29, 0.717) is 42.8 Å². The minimum Gasteiger partial charge on any atom is -0.299 e. The first-order valence-corrected chi connectivity index (χ1v) is 12.6. The van der Waals surface area contributed by atoms with Gasteiger partial charge in [-0.05, 0) is 49.4 Å². The summed E-state index contributed by atoms with van der Waals surface area (Å²) in [5.41, 5.74) is 2.61. The fourth-order valence-electron chi connectivity index (χ4n) is 4.13. The van der Waals surface area contributed by atoms with Gasteiger partial charge < -0.3 is 0 Å². The number of amides is 1. The topological polar surface area (TPSA) is 89.0 Å². The third-order valence-corrected chi connectivity index (χ3v) is 9.34. The number of rotatable bonds is 6. The van der Waals surface area contributed by atoms with E-state index >= 15 is 0 Å². The van der Waals surface area contributed by atoms with E-state index in [0.717, 1.165) is 16.1 Å². The molecule has 0 unspecified atom stereocenters. The van der Waals surface area contributed by atoms with Gasteiger partial charge in [0.2, 0.25) is 11.0 Å². The van der Waals surface area contributed by atoms with E-state index in [-0.39, 0.29) is 4.90 Å². The molecule has 0 spiro atoms.